The van der Waals surface area contributed by atoms with Crippen LogP contribution in [0, 0.1) is 5.41 Å². The Bertz CT molecular complexity index is 1710. The van der Waals surface area contributed by atoms with Crippen LogP contribution in [-0.4, -0.2) is 82.3 Å². The molecule has 0 aliphatic carbocycles. The molecule has 11 nitrogen and oxygen atoms in total. The molecule has 1 saturated heterocycles. The number of cyclic esters (lactones) is 1. The molecule has 0 saturated carbocycles. The van der Waals surface area contributed by atoms with Crippen molar-refractivity contribution in [1.82, 2.24) is 20.0 Å². The van der Waals surface area contributed by atoms with Gasteiger partial charge in [-0.15, -0.1) is 11.8 Å². The fraction of sp³-hybridized carbons (Fsp3) is 0.556. The Hall–Kier alpha value is -3.29. The van der Waals surface area contributed by atoms with E-state index in [4.69, 9.17) is 29.9 Å². The number of rotatable bonds is 6. The molecule has 12 heteroatoms. The first-order valence-electron chi connectivity index (χ1n) is 17.0. The predicted molar refractivity (Wildman–Crippen MR) is 189 cm³/mol. The van der Waals surface area contributed by atoms with E-state index in [0.29, 0.717) is 32.4 Å². The molecule has 5 atom stereocenters. The number of thioether (sulfide) groups is 1. The largest absolute Gasteiger partial charge is 0.464 e. The van der Waals surface area contributed by atoms with Gasteiger partial charge >= 0.3 is 5.97 Å². The maximum Gasteiger partial charge on any atom is 0.324 e. The van der Waals surface area contributed by atoms with Crippen molar-refractivity contribution in [2.75, 3.05) is 32.6 Å². The zero-order valence-electron chi connectivity index (χ0n) is 28.8. The van der Waals surface area contributed by atoms with Crippen LogP contribution in [0.1, 0.15) is 76.4 Å². The Balaban J connectivity index is 1.53. The number of fused-ring (bicyclic) bond motifs is 5. The van der Waals surface area contributed by atoms with Crippen molar-refractivity contribution < 1.29 is 23.8 Å². The van der Waals surface area contributed by atoms with Gasteiger partial charge in [0.1, 0.15) is 18.2 Å². The molecule has 6 bridgehead atoms. The van der Waals surface area contributed by atoms with Gasteiger partial charge in [0.2, 0.25) is 0 Å². The summed E-state index contributed by atoms with van der Waals surface area (Å²) in [6, 6.07) is 8.97. The number of ether oxygens (including phenoxy) is 3. The molecule has 48 heavy (non-hydrogen) atoms. The van der Waals surface area contributed by atoms with Crippen LogP contribution in [0.25, 0.3) is 22.2 Å². The Morgan fingerprint density at radius 1 is 1.23 bits per heavy atom. The van der Waals surface area contributed by atoms with E-state index in [1.165, 1.54) is 10.6 Å². The summed E-state index contributed by atoms with van der Waals surface area (Å²) in [6.45, 7) is 12.1. The van der Waals surface area contributed by atoms with Gasteiger partial charge in [-0.1, -0.05) is 19.9 Å². The van der Waals surface area contributed by atoms with Crippen LogP contribution in [-0.2, 0) is 36.8 Å². The summed E-state index contributed by atoms with van der Waals surface area (Å²) in [5.74, 6) is 0.0196. The number of hydrazine groups is 1. The number of aromatic nitrogens is 2. The lowest BCUT2D eigenvalue weighted by atomic mass is 9.84. The van der Waals surface area contributed by atoms with Gasteiger partial charge in [0.25, 0.3) is 5.91 Å². The Labute approximate surface area is 286 Å². The number of amides is 1. The average Bonchev–Trinajstić information content (AvgIpc) is 3.71. The van der Waals surface area contributed by atoms with Gasteiger partial charge in [-0.05, 0) is 75.4 Å². The van der Waals surface area contributed by atoms with E-state index in [1.807, 2.05) is 26.1 Å². The summed E-state index contributed by atoms with van der Waals surface area (Å²) >= 11 is 1.59. The summed E-state index contributed by atoms with van der Waals surface area (Å²) in [6.07, 6.45) is 2.78. The summed E-state index contributed by atoms with van der Waals surface area (Å²) in [4.78, 5) is 37.0. The smallest absolute Gasteiger partial charge is 0.324 e. The van der Waals surface area contributed by atoms with Gasteiger partial charge in [0.15, 0.2) is 0 Å². The van der Waals surface area contributed by atoms with Crippen molar-refractivity contribution in [3.05, 3.63) is 53.3 Å². The minimum Gasteiger partial charge on any atom is -0.464 e. The van der Waals surface area contributed by atoms with Crippen LogP contribution in [0.3, 0.4) is 0 Å². The lowest BCUT2D eigenvalue weighted by Gasteiger charge is -2.36. The Kier molecular flexibility index (Phi) is 10.3. The number of aliphatic imine (C=N–C) groups is 1. The van der Waals surface area contributed by atoms with E-state index in [0.717, 1.165) is 50.8 Å². The first kappa shape index (κ1) is 34.6. The SMILES string of the molecule is CCO[C@@H]1C2=NC(CS2)c2ccc3c(c2)c(c(-c2cccnc2[C@H](C)OC)n3CC)CC(C)(C)COC(=O)[C@@H]2CCCN(N2)C(=O)[C@H]1N. The minimum absolute atomic E-state index is 0.117. The Morgan fingerprint density at radius 2 is 2.04 bits per heavy atom. The van der Waals surface area contributed by atoms with E-state index in [2.05, 4.69) is 55.0 Å². The second-order valence-electron chi connectivity index (χ2n) is 13.6. The number of carbonyl (C=O) groups excluding carboxylic acids is 2. The van der Waals surface area contributed by atoms with E-state index >= 15 is 0 Å². The molecule has 6 rings (SSSR count). The molecule has 1 fully saturated rings. The number of esters is 1. The number of benzene rings is 1. The molecule has 3 aliphatic heterocycles. The summed E-state index contributed by atoms with van der Waals surface area (Å²) < 4.78 is 20.2. The third-order valence-corrected chi connectivity index (χ3v) is 10.7. The molecule has 1 amide bonds. The molecule has 3 aromatic rings. The average molecular weight is 677 g/mol. The van der Waals surface area contributed by atoms with E-state index in [-0.39, 0.29) is 30.6 Å². The topological polar surface area (TPSA) is 133 Å². The molecular formula is C36H48N6O5S. The van der Waals surface area contributed by atoms with Gasteiger partial charge in [-0.3, -0.25) is 24.6 Å². The van der Waals surface area contributed by atoms with Crippen molar-refractivity contribution in [3.63, 3.8) is 0 Å². The van der Waals surface area contributed by atoms with Crippen LogP contribution in [0.4, 0.5) is 0 Å². The standard InChI is InChI=1S/C36H48N6O5S/c1-7-41-28-14-13-22-17-24(28)25(31(41)23-11-9-15-38-30(23)21(3)45-6)18-36(4,5)20-47-35(44)26-12-10-16-42(40-26)34(43)29(37)32(46-8-2)33-39-27(22)19-48-33/h9,11,13-15,17,21,26-27,29,32,40H,7-8,10,12,16,18-20,37H2,1-6H3/t21-,26-,27?,29-,32-/m0/s1. The molecule has 258 valence electrons. The first-order valence-corrected chi connectivity index (χ1v) is 18.0. The maximum atomic E-state index is 13.7. The molecule has 1 aromatic carbocycles. The number of hydrogen-bond acceptors (Lipinski definition) is 10. The van der Waals surface area contributed by atoms with Gasteiger partial charge in [0.05, 0.1) is 35.2 Å². The number of hydrogen-bond donors (Lipinski definition) is 2. The third-order valence-electron chi connectivity index (χ3n) is 9.60. The van der Waals surface area contributed by atoms with Crippen molar-refractivity contribution in [1.29, 1.82) is 0 Å². The first-order chi connectivity index (χ1) is 23.1. The van der Waals surface area contributed by atoms with E-state index in [9.17, 15) is 9.59 Å². The van der Waals surface area contributed by atoms with E-state index in [1.54, 1.807) is 18.9 Å². The molecule has 3 aliphatic rings. The molecular weight excluding hydrogens is 629 g/mol. The van der Waals surface area contributed by atoms with Gasteiger partial charge < -0.3 is 24.5 Å². The van der Waals surface area contributed by atoms with Crippen molar-refractivity contribution in [2.45, 2.75) is 90.8 Å². The second-order valence-corrected chi connectivity index (χ2v) is 14.7. The number of carbonyl (C=O) groups is 2. The zero-order chi connectivity index (χ0) is 34.2. The minimum atomic E-state index is -0.978. The predicted octanol–water partition coefficient (Wildman–Crippen LogP) is 4.97. The van der Waals surface area contributed by atoms with Crippen LogP contribution in [0.5, 0.6) is 0 Å². The van der Waals surface area contributed by atoms with Crippen molar-refractivity contribution in [3.8, 4) is 11.3 Å². The van der Waals surface area contributed by atoms with Crippen LogP contribution in [0.2, 0.25) is 0 Å². The van der Waals surface area contributed by atoms with Gasteiger partial charge in [-0.25, -0.2) is 5.43 Å². The lowest BCUT2D eigenvalue weighted by molar-refractivity contribution is -0.155. The van der Waals surface area contributed by atoms with Crippen molar-refractivity contribution >= 4 is 39.6 Å². The summed E-state index contributed by atoms with van der Waals surface area (Å²) in [7, 11) is 1.70. The molecule has 0 spiro atoms. The molecule has 1 unspecified atom stereocenters. The zero-order valence-corrected chi connectivity index (χ0v) is 29.6. The number of nitrogens with one attached hydrogen (secondary N) is 1. The Morgan fingerprint density at radius 3 is 2.79 bits per heavy atom. The number of aryl methyl sites for hydroxylation is 1. The third kappa shape index (κ3) is 6.65. The van der Waals surface area contributed by atoms with Gasteiger partial charge in [-0.2, -0.15) is 0 Å². The van der Waals surface area contributed by atoms with E-state index < -0.39 is 23.6 Å². The van der Waals surface area contributed by atoms with Crippen LogP contribution in [0.15, 0.2) is 41.5 Å². The highest BCUT2D eigenvalue weighted by Gasteiger charge is 2.39. The number of nitrogens with two attached hydrogens (primary N) is 1. The van der Waals surface area contributed by atoms with Gasteiger partial charge in [0, 0.05) is 60.6 Å². The number of nitrogens with zero attached hydrogens (tertiary/aromatic N) is 4. The number of pyridine rings is 1. The number of methoxy groups -OCH3 is 1. The molecule has 2 aromatic heterocycles. The molecule has 0 radical (unpaired) electrons. The highest BCUT2D eigenvalue weighted by molar-refractivity contribution is 8.14. The highest BCUT2D eigenvalue weighted by atomic mass is 32.2. The van der Waals surface area contributed by atoms with Crippen molar-refractivity contribution in [2.24, 2.45) is 16.1 Å². The highest BCUT2D eigenvalue weighted by Crippen LogP contribution is 2.42. The normalized spacial score (nSPS) is 25.5. The second kappa shape index (κ2) is 14.3. The summed E-state index contributed by atoms with van der Waals surface area (Å²) in [5.41, 5.74) is 15.7. The fourth-order valence-corrected chi connectivity index (χ4v) is 8.24. The molecule has 3 N–H and O–H groups in total. The van der Waals surface area contributed by atoms with Crippen LogP contribution >= 0.6 is 11.8 Å². The quantitative estimate of drug-likeness (QED) is 0.347. The summed E-state index contributed by atoms with van der Waals surface area (Å²) in [5, 5.41) is 3.32. The lowest BCUT2D eigenvalue weighted by Crippen LogP contribution is -2.61. The maximum absolute atomic E-state index is 13.7. The monoisotopic (exact) mass is 676 g/mol. The molecule has 5 heterocycles. The van der Waals surface area contributed by atoms with Crippen LogP contribution < -0.4 is 11.2 Å². The fourth-order valence-electron chi connectivity index (χ4n) is 7.07.